The summed E-state index contributed by atoms with van der Waals surface area (Å²) >= 11 is 0. The Morgan fingerprint density at radius 3 is 1.36 bits per heavy atom. The third-order valence-electron chi connectivity index (χ3n) is 20.9. The molecule has 0 atom stereocenters. The van der Waals surface area contributed by atoms with Crippen LogP contribution in [0, 0.1) is 70.0 Å². The van der Waals surface area contributed by atoms with Gasteiger partial charge < -0.3 is 43.6 Å². The summed E-state index contributed by atoms with van der Waals surface area (Å²) < 4.78 is 9.82. The zero-order chi connectivity index (χ0) is 83.3. The molecule has 4 aromatic heterocycles. The average molecular weight is 2740 g/mol. The SMILES string of the molecule is CN1[CH-]N(c2[c-]ccc3c2oc2ccccc23)c2ccccc21.CN1[CH-]N(c2[c-]cccc2)c2ccccc21.Cc1cc(C(C)C)c(-n2nnnc2-c2[c-]cccc2)c(C(C)C)c1.[Ir].[Ir].[Ir].[Ir].[Ir].[Ir].[c-]1ccc(-c2ccccc2)cc1-n1cccn1.[c-]1ccccc1N1[CH-]N(c2ccccc2)c2ccccc21.[c-]1ccccc1N1[CH-]N(c2ccccc2)c2nccnc21. The van der Waals surface area contributed by atoms with Crippen LogP contribution in [0.4, 0.5) is 79.9 Å². The Balaban J connectivity index is 0.000000148. The van der Waals surface area contributed by atoms with E-state index in [0.29, 0.717) is 11.8 Å². The fourth-order valence-electron chi connectivity index (χ4n) is 15.1. The Kier molecular flexibility index (Phi) is 34.9. The van der Waals surface area contributed by atoms with Crippen molar-refractivity contribution in [3.63, 3.8) is 0 Å². The molecule has 0 bridgehead atoms. The summed E-state index contributed by atoms with van der Waals surface area (Å²) in [6.45, 7) is 19.2. The maximum atomic E-state index is 6.13. The number of fused-ring (bicyclic) bond motifs is 7. The van der Waals surface area contributed by atoms with Crippen LogP contribution in [0.2, 0.25) is 0 Å². The molecule has 0 N–H and O–H groups in total. The van der Waals surface area contributed by atoms with E-state index in [-0.39, 0.29) is 121 Å². The van der Waals surface area contributed by atoms with E-state index in [1.54, 1.807) is 18.6 Å². The van der Waals surface area contributed by atoms with Gasteiger partial charge in [-0.05, 0) is 138 Å². The van der Waals surface area contributed by atoms with Gasteiger partial charge in [0.05, 0.1) is 5.69 Å². The molecule has 0 aliphatic carbocycles. The first kappa shape index (κ1) is 97.2. The number of hydrogen-bond donors (Lipinski definition) is 0. The number of rotatable bonds is 12. The van der Waals surface area contributed by atoms with E-state index in [1.807, 2.05) is 208 Å². The van der Waals surface area contributed by atoms with Crippen molar-refractivity contribution in [2.75, 3.05) is 53.3 Å². The van der Waals surface area contributed by atoms with Crippen LogP contribution in [-0.2, 0) is 121 Å². The molecular weight excluding hydrogens is 2650 g/mol. The van der Waals surface area contributed by atoms with Crippen LogP contribution in [0.3, 0.4) is 0 Å². The van der Waals surface area contributed by atoms with Gasteiger partial charge in [0.1, 0.15) is 23.0 Å². The summed E-state index contributed by atoms with van der Waals surface area (Å²) in [5.74, 6) is 3.12. The first-order valence-corrected chi connectivity index (χ1v) is 40.5. The van der Waals surface area contributed by atoms with Crippen LogP contribution in [-0.4, -0.2) is 54.1 Å². The van der Waals surface area contributed by atoms with Crippen LogP contribution in [0.1, 0.15) is 56.2 Å². The number of aromatic nitrogens is 8. The van der Waals surface area contributed by atoms with Crippen molar-refractivity contribution in [1.82, 2.24) is 40.0 Å². The van der Waals surface area contributed by atoms with Crippen molar-refractivity contribution >= 4 is 102 Å². The Labute approximate surface area is 830 Å². The smallest absolute Gasteiger partial charge is 0.145 e. The van der Waals surface area contributed by atoms with Gasteiger partial charge in [-0.25, -0.2) is 14.6 Å². The number of para-hydroxylation sites is 12. The van der Waals surface area contributed by atoms with Crippen LogP contribution >= 0.6 is 0 Å². The quantitative estimate of drug-likeness (QED) is 0.108. The molecule has 14 aromatic carbocycles. The van der Waals surface area contributed by atoms with Crippen molar-refractivity contribution < 1.29 is 125 Å². The summed E-state index contributed by atoms with van der Waals surface area (Å²) in [6.07, 6.45) is 7.10. The van der Waals surface area contributed by atoms with Gasteiger partial charge in [0.2, 0.25) is 0 Å². The largest absolute Gasteiger partial charge is 0.514 e. The maximum Gasteiger partial charge on any atom is 0.145 e. The predicted octanol–water partition coefficient (Wildman–Crippen LogP) is 24.9. The number of nitrogens with zero attached hydrogens (tertiary/aromatic N) is 16. The molecule has 0 amide bonds. The number of anilines is 14. The van der Waals surface area contributed by atoms with Gasteiger partial charge in [0, 0.05) is 202 Å². The zero-order valence-corrected chi connectivity index (χ0v) is 85.0. The molecule has 656 valence electrons. The molecule has 0 saturated carbocycles. The minimum atomic E-state index is 0. The molecular formula is C105H86Ir6N16O-10. The predicted molar refractivity (Wildman–Crippen MR) is 494 cm³/mol. The number of benzene rings is 14. The molecule has 0 unspecified atom stereocenters. The van der Waals surface area contributed by atoms with Gasteiger partial charge in [-0.2, -0.15) is 151 Å². The van der Waals surface area contributed by atoms with Gasteiger partial charge in [-0.1, -0.05) is 178 Å². The summed E-state index contributed by atoms with van der Waals surface area (Å²) in [5.41, 5.74) is 24.2. The second-order valence-electron chi connectivity index (χ2n) is 29.7. The molecule has 22 rings (SSSR count). The number of hydrogen-bond acceptors (Lipinski definition) is 15. The summed E-state index contributed by atoms with van der Waals surface area (Å²) in [5, 5.41) is 19.0. The molecule has 23 heteroatoms. The summed E-state index contributed by atoms with van der Waals surface area (Å²) in [4.78, 5) is 25.9. The third kappa shape index (κ3) is 21.8. The molecule has 4 aliphatic heterocycles. The van der Waals surface area contributed by atoms with Crippen molar-refractivity contribution in [2.24, 2.45) is 0 Å². The first-order valence-electron chi connectivity index (χ1n) is 40.5. The van der Waals surface area contributed by atoms with Crippen LogP contribution in [0.5, 0.6) is 0 Å². The Morgan fingerprint density at radius 1 is 0.359 bits per heavy atom. The van der Waals surface area contributed by atoms with Gasteiger partial charge >= 0.3 is 0 Å². The van der Waals surface area contributed by atoms with Gasteiger partial charge in [-0.3, -0.25) is 4.68 Å². The van der Waals surface area contributed by atoms with E-state index in [1.165, 1.54) is 56.3 Å². The minimum Gasteiger partial charge on any atom is -0.514 e. The topological polar surface area (TPSA) is 126 Å². The van der Waals surface area contributed by atoms with E-state index in [9.17, 15) is 0 Å². The van der Waals surface area contributed by atoms with Crippen molar-refractivity contribution in [3.8, 4) is 33.9 Å². The second-order valence-corrected chi connectivity index (χ2v) is 29.7. The molecule has 17 nitrogen and oxygen atoms in total. The van der Waals surface area contributed by atoms with E-state index in [2.05, 4.69) is 323 Å². The van der Waals surface area contributed by atoms with Crippen molar-refractivity contribution in [3.05, 3.63) is 438 Å². The van der Waals surface area contributed by atoms with Crippen molar-refractivity contribution in [1.29, 1.82) is 0 Å². The van der Waals surface area contributed by atoms with Crippen molar-refractivity contribution in [2.45, 2.75) is 46.5 Å². The number of aryl methyl sites for hydroxylation is 1. The molecule has 4 aliphatic rings. The molecule has 6 radical (unpaired) electrons. The second kappa shape index (κ2) is 46.0. The summed E-state index contributed by atoms with van der Waals surface area (Å²) in [6, 6.07) is 132. The first-order chi connectivity index (χ1) is 60.0. The summed E-state index contributed by atoms with van der Waals surface area (Å²) in [7, 11) is 4.11. The molecule has 18 aromatic rings. The zero-order valence-electron chi connectivity index (χ0n) is 70.6. The number of furan rings is 1. The Morgan fingerprint density at radius 2 is 0.812 bits per heavy atom. The van der Waals surface area contributed by atoms with Crippen LogP contribution < -0.4 is 39.2 Å². The monoisotopic (exact) mass is 2740 g/mol. The maximum absolute atomic E-state index is 6.13. The molecule has 0 fully saturated rings. The standard InChI is InChI=1S/C20H23N4.C20H14N2O.C19H14N2.C17H12N4.C15H11N2.C14H12N2.6Ir/c1-13(2)17-11-15(5)12-18(14(3)4)19(17)24-20(21-22-23-24)16-9-7-6-8-10-16;1-21-13-22(17-10-4-3-9-16(17)21)18-11-6-8-15-14-7-2-5-12-19(14)23-20(15)18;1-3-9-16(10-4-1)20-15-21(17-11-5-2-6-12-17)19-14-8-7-13-18(19)20;1-3-7-14(8-4-1)20-13-21(15-9-5-2-6-10-15)17-16(20)18-11-12-19-17;1-2-6-13(7-3-1)14-8-4-9-15(12-14)17-11-5-10-16-17;1-15-11-16(12-7-3-2-4-8-12)14-10-6-5-9-13(14)15;;;;;;/h6-9,11-14H,1-5H3;2-10,12-13H,1H3;1-11,13-15H;1-9,11-13H;1-8,10-12H;2-7,9-11H,1H3;;;;;;/q-1;3*-2;-1;-2;;;;;;. The molecule has 0 saturated heterocycles. The number of tetrazole rings is 1. The fraction of sp³-hybridized carbons (Fsp3) is 0.0857. The Bertz CT molecular complexity index is 6200. The van der Waals surface area contributed by atoms with E-state index < -0.39 is 0 Å². The van der Waals surface area contributed by atoms with Gasteiger partial charge in [0.25, 0.3) is 0 Å². The van der Waals surface area contributed by atoms with E-state index in [0.717, 1.165) is 96.1 Å². The van der Waals surface area contributed by atoms with Crippen LogP contribution in [0.25, 0.3) is 55.8 Å². The van der Waals surface area contributed by atoms with Gasteiger partial charge in [-0.15, -0.1) is 77.9 Å². The van der Waals surface area contributed by atoms with E-state index >= 15 is 0 Å². The minimum absolute atomic E-state index is 0. The average Bonchev–Trinajstić information content (AvgIpc) is 1.66. The normalized spacial score (nSPS) is 12.2. The third-order valence-corrected chi connectivity index (χ3v) is 20.9. The van der Waals surface area contributed by atoms with E-state index in [4.69, 9.17) is 4.42 Å². The van der Waals surface area contributed by atoms with Crippen LogP contribution in [0.15, 0.2) is 363 Å². The van der Waals surface area contributed by atoms with Gasteiger partial charge in [0.15, 0.2) is 0 Å². The Hall–Kier alpha value is -11.5. The molecule has 0 spiro atoms. The molecule has 8 heterocycles. The fourth-order valence-corrected chi connectivity index (χ4v) is 15.1. The molecule has 128 heavy (non-hydrogen) atoms.